The van der Waals surface area contributed by atoms with E-state index in [1.807, 2.05) is 12.1 Å². The van der Waals surface area contributed by atoms with Gasteiger partial charge >= 0.3 is 0 Å². The summed E-state index contributed by atoms with van der Waals surface area (Å²) in [6.45, 7) is 8.40. The molecular formula is C26H29ClN2O4S. The molecule has 1 amide bonds. The van der Waals surface area contributed by atoms with Crippen molar-refractivity contribution in [2.24, 2.45) is 0 Å². The minimum Gasteiger partial charge on any atom is -0.455 e. The van der Waals surface area contributed by atoms with E-state index in [0.717, 1.165) is 5.56 Å². The summed E-state index contributed by atoms with van der Waals surface area (Å²) in [5.41, 5.74) is 1.83. The van der Waals surface area contributed by atoms with Gasteiger partial charge in [0, 0.05) is 23.7 Å². The van der Waals surface area contributed by atoms with Crippen LogP contribution in [0, 0.1) is 0 Å². The largest absolute Gasteiger partial charge is 0.455 e. The lowest BCUT2D eigenvalue weighted by Gasteiger charge is -2.20. The lowest BCUT2D eigenvalue weighted by Crippen LogP contribution is -2.30. The van der Waals surface area contributed by atoms with Gasteiger partial charge in [0.25, 0.3) is 5.91 Å². The third-order valence-electron chi connectivity index (χ3n) is 5.42. The molecule has 0 saturated heterocycles. The average molecular weight is 501 g/mol. The van der Waals surface area contributed by atoms with E-state index in [2.05, 4.69) is 19.2 Å². The van der Waals surface area contributed by atoms with E-state index in [9.17, 15) is 13.2 Å². The Morgan fingerprint density at radius 1 is 0.971 bits per heavy atom. The van der Waals surface area contributed by atoms with E-state index in [4.69, 9.17) is 16.3 Å². The molecule has 34 heavy (non-hydrogen) atoms. The smallest absolute Gasteiger partial charge is 0.255 e. The minimum absolute atomic E-state index is 0.0742. The van der Waals surface area contributed by atoms with Crippen LogP contribution < -0.4 is 10.1 Å². The number of carbonyl (C=O) groups excluding carboxylic acids is 1. The molecule has 0 aliphatic heterocycles. The van der Waals surface area contributed by atoms with E-state index >= 15 is 0 Å². The van der Waals surface area contributed by atoms with E-state index in [1.165, 1.54) is 16.4 Å². The van der Waals surface area contributed by atoms with Gasteiger partial charge < -0.3 is 10.1 Å². The van der Waals surface area contributed by atoms with Crippen LogP contribution in [0.5, 0.6) is 11.5 Å². The van der Waals surface area contributed by atoms with Gasteiger partial charge in [0.05, 0.1) is 10.6 Å². The van der Waals surface area contributed by atoms with Gasteiger partial charge in [-0.1, -0.05) is 51.4 Å². The standard InChI is InChI=1S/C26H29ClN2O4S/c1-5-29(6-2)34(31,32)23-15-16-25(33-22-13-11-21(27)12-14-22)24(17-23)28-26(30)20-9-7-19(8-10-20)18(3)4/h7-18H,5-6H2,1-4H3,(H,28,30). The number of ether oxygens (including phenoxy) is 1. The quantitative estimate of drug-likeness (QED) is 0.362. The number of anilines is 1. The van der Waals surface area contributed by atoms with Gasteiger partial charge in [-0.05, 0) is 66.1 Å². The molecule has 0 bridgehead atoms. The van der Waals surface area contributed by atoms with Crippen LogP contribution in [0.15, 0.2) is 71.6 Å². The van der Waals surface area contributed by atoms with Gasteiger partial charge in [-0.25, -0.2) is 8.42 Å². The Kier molecular flexibility index (Phi) is 8.36. The van der Waals surface area contributed by atoms with Crippen LogP contribution in [0.2, 0.25) is 5.02 Å². The van der Waals surface area contributed by atoms with Crippen LogP contribution in [0.25, 0.3) is 0 Å². The van der Waals surface area contributed by atoms with Gasteiger partial charge in [0.1, 0.15) is 5.75 Å². The van der Waals surface area contributed by atoms with Crippen molar-refractivity contribution in [2.75, 3.05) is 18.4 Å². The monoisotopic (exact) mass is 500 g/mol. The van der Waals surface area contributed by atoms with Crippen molar-refractivity contribution in [3.05, 3.63) is 82.9 Å². The summed E-state index contributed by atoms with van der Waals surface area (Å²) < 4.78 is 33.4. The van der Waals surface area contributed by atoms with E-state index in [-0.39, 0.29) is 16.5 Å². The summed E-state index contributed by atoms with van der Waals surface area (Å²) in [6, 6.07) is 18.5. The second-order valence-corrected chi connectivity index (χ2v) is 10.4. The molecule has 6 nitrogen and oxygen atoms in total. The van der Waals surface area contributed by atoms with Crippen molar-refractivity contribution in [2.45, 2.75) is 38.5 Å². The first-order valence-electron chi connectivity index (χ1n) is 11.1. The SMILES string of the molecule is CCN(CC)S(=O)(=O)c1ccc(Oc2ccc(Cl)cc2)c(NC(=O)c2ccc(C(C)C)cc2)c1. The van der Waals surface area contributed by atoms with Crippen LogP contribution in [-0.4, -0.2) is 31.7 Å². The summed E-state index contributed by atoms with van der Waals surface area (Å²) in [7, 11) is -3.73. The number of rotatable bonds is 9. The highest BCUT2D eigenvalue weighted by Crippen LogP contribution is 2.33. The number of halogens is 1. The molecule has 0 spiro atoms. The first-order valence-corrected chi connectivity index (χ1v) is 13.0. The molecule has 3 rings (SSSR count). The summed E-state index contributed by atoms with van der Waals surface area (Å²) in [4.78, 5) is 13.1. The summed E-state index contributed by atoms with van der Waals surface area (Å²) >= 11 is 5.96. The Balaban J connectivity index is 1.99. The fourth-order valence-electron chi connectivity index (χ4n) is 3.41. The van der Waals surface area contributed by atoms with Gasteiger partial charge in [-0.15, -0.1) is 0 Å². The fourth-order valence-corrected chi connectivity index (χ4v) is 5.02. The Bertz CT molecular complexity index is 1240. The van der Waals surface area contributed by atoms with Crippen LogP contribution in [0.1, 0.15) is 49.5 Å². The van der Waals surface area contributed by atoms with Crippen molar-refractivity contribution in [1.29, 1.82) is 0 Å². The molecule has 0 heterocycles. The maximum Gasteiger partial charge on any atom is 0.255 e. The van der Waals surface area contributed by atoms with Crippen LogP contribution >= 0.6 is 11.6 Å². The van der Waals surface area contributed by atoms with Crippen molar-refractivity contribution in [3.63, 3.8) is 0 Å². The predicted molar refractivity (Wildman–Crippen MR) is 137 cm³/mol. The van der Waals surface area contributed by atoms with E-state index < -0.39 is 10.0 Å². The molecule has 180 valence electrons. The molecule has 0 atom stereocenters. The normalized spacial score (nSPS) is 11.6. The number of hydrogen-bond donors (Lipinski definition) is 1. The zero-order chi connectivity index (χ0) is 24.9. The van der Waals surface area contributed by atoms with Gasteiger partial charge in [0.2, 0.25) is 10.0 Å². The first-order chi connectivity index (χ1) is 16.1. The number of hydrogen-bond acceptors (Lipinski definition) is 4. The zero-order valence-corrected chi connectivity index (χ0v) is 21.3. The van der Waals surface area contributed by atoms with Gasteiger partial charge in [-0.3, -0.25) is 4.79 Å². The number of amides is 1. The average Bonchev–Trinajstić information content (AvgIpc) is 2.82. The number of benzene rings is 3. The van der Waals surface area contributed by atoms with Gasteiger partial charge in [0.15, 0.2) is 5.75 Å². The highest BCUT2D eigenvalue weighted by molar-refractivity contribution is 7.89. The summed E-state index contributed by atoms with van der Waals surface area (Å²) in [6.07, 6.45) is 0. The van der Waals surface area contributed by atoms with Crippen LogP contribution in [-0.2, 0) is 10.0 Å². The molecule has 1 N–H and O–H groups in total. The molecular weight excluding hydrogens is 472 g/mol. The molecule has 0 aliphatic carbocycles. The lowest BCUT2D eigenvalue weighted by molar-refractivity contribution is 0.102. The molecule has 0 unspecified atom stereocenters. The topological polar surface area (TPSA) is 75.7 Å². The van der Waals surface area contributed by atoms with Crippen molar-refractivity contribution in [3.8, 4) is 11.5 Å². The minimum atomic E-state index is -3.73. The number of nitrogens with zero attached hydrogens (tertiary/aromatic N) is 1. The first kappa shape index (κ1) is 25.7. The van der Waals surface area contributed by atoms with Crippen molar-refractivity contribution >= 4 is 33.2 Å². The zero-order valence-electron chi connectivity index (χ0n) is 19.7. The Morgan fingerprint density at radius 2 is 1.59 bits per heavy atom. The van der Waals surface area contributed by atoms with Gasteiger partial charge in [-0.2, -0.15) is 4.31 Å². The third-order valence-corrected chi connectivity index (χ3v) is 7.72. The maximum absolute atomic E-state index is 13.1. The molecule has 0 fully saturated rings. The third kappa shape index (κ3) is 5.97. The number of carbonyl (C=O) groups is 1. The second-order valence-electron chi connectivity index (χ2n) is 8.03. The number of sulfonamides is 1. The maximum atomic E-state index is 13.1. The predicted octanol–water partition coefficient (Wildman–Crippen LogP) is 6.54. The summed E-state index contributed by atoms with van der Waals surface area (Å²) in [5, 5.41) is 3.38. The second kappa shape index (κ2) is 11.0. The highest BCUT2D eigenvalue weighted by Gasteiger charge is 2.24. The molecule has 3 aromatic carbocycles. The highest BCUT2D eigenvalue weighted by atomic mass is 35.5. The van der Waals surface area contributed by atoms with Crippen LogP contribution in [0.3, 0.4) is 0 Å². The Hall–Kier alpha value is -2.87. The fraction of sp³-hybridized carbons (Fsp3) is 0.269. The molecule has 0 aliphatic rings. The van der Waals surface area contributed by atoms with E-state index in [0.29, 0.717) is 41.1 Å². The Labute approximate surface area is 206 Å². The molecule has 3 aromatic rings. The molecule has 0 aromatic heterocycles. The molecule has 0 radical (unpaired) electrons. The van der Waals surface area contributed by atoms with Crippen molar-refractivity contribution in [1.82, 2.24) is 4.31 Å². The molecule has 8 heteroatoms. The van der Waals surface area contributed by atoms with Crippen molar-refractivity contribution < 1.29 is 17.9 Å². The number of nitrogens with one attached hydrogen (secondary N) is 1. The van der Waals surface area contributed by atoms with Crippen LogP contribution in [0.4, 0.5) is 5.69 Å². The lowest BCUT2D eigenvalue weighted by atomic mass is 10.0. The molecule has 0 saturated carbocycles. The van der Waals surface area contributed by atoms with E-state index in [1.54, 1.807) is 56.3 Å². The summed E-state index contributed by atoms with van der Waals surface area (Å²) in [5.74, 6) is 0.792. The Morgan fingerprint density at radius 3 is 2.15 bits per heavy atom.